The van der Waals surface area contributed by atoms with Crippen molar-refractivity contribution >= 4 is 22.6 Å². The number of benzene rings is 2. The first-order chi connectivity index (χ1) is 15.7. The van der Waals surface area contributed by atoms with Crippen molar-refractivity contribution in [2.75, 3.05) is 5.73 Å². The van der Waals surface area contributed by atoms with Gasteiger partial charge >= 0.3 is 0 Å². The summed E-state index contributed by atoms with van der Waals surface area (Å²) in [7, 11) is 0. The topological polar surface area (TPSA) is 93.8 Å². The van der Waals surface area contributed by atoms with Crippen molar-refractivity contribution in [1.29, 1.82) is 0 Å². The van der Waals surface area contributed by atoms with Crippen molar-refractivity contribution in [2.45, 2.75) is 38.1 Å². The first-order valence-electron chi connectivity index (χ1n) is 11.1. The van der Waals surface area contributed by atoms with Gasteiger partial charge in [0.1, 0.15) is 0 Å². The van der Waals surface area contributed by atoms with Crippen molar-refractivity contribution in [2.24, 2.45) is 0 Å². The zero-order valence-corrected chi connectivity index (χ0v) is 17.8. The molecule has 3 N–H and O–H groups in total. The van der Waals surface area contributed by atoms with Crippen LogP contribution in [0.25, 0.3) is 33.4 Å². The number of amides is 1. The second-order valence-corrected chi connectivity index (χ2v) is 8.24. The van der Waals surface area contributed by atoms with Crippen LogP contribution in [-0.2, 0) is 0 Å². The summed E-state index contributed by atoms with van der Waals surface area (Å²) in [5, 5.41) is 4.11. The third kappa shape index (κ3) is 4.04. The minimum absolute atomic E-state index is 0.142. The number of fused-ring (bicyclic) bond motifs is 1. The molecule has 32 heavy (non-hydrogen) atoms. The highest BCUT2D eigenvalue weighted by Gasteiger charge is 2.23. The Balaban J connectivity index is 1.61. The van der Waals surface area contributed by atoms with Crippen LogP contribution in [0.2, 0.25) is 0 Å². The number of nitrogens with one attached hydrogen (secondary N) is 1. The van der Waals surface area contributed by atoms with Crippen molar-refractivity contribution in [3.8, 4) is 22.5 Å². The minimum Gasteiger partial charge on any atom is -0.382 e. The Bertz CT molecular complexity index is 1270. The van der Waals surface area contributed by atoms with E-state index in [9.17, 15) is 4.79 Å². The van der Waals surface area contributed by atoms with Gasteiger partial charge in [-0.05, 0) is 31.0 Å². The normalized spacial score (nSPS) is 14.4. The zero-order valence-electron chi connectivity index (χ0n) is 17.8. The van der Waals surface area contributed by atoms with E-state index in [0.29, 0.717) is 11.4 Å². The second-order valence-electron chi connectivity index (χ2n) is 8.24. The number of hydrogen-bond acceptors (Lipinski definition) is 5. The molecule has 5 rings (SSSR count). The van der Waals surface area contributed by atoms with E-state index in [2.05, 4.69) is 15.3 Å². The average Bonchev–Trinajstić information content (AvgIpc) is 2.84. The molecular weight excluding hydrogens is 398 g/mol. The highest BCUT2D eigenvalue weighted by atomic mass is 16.2. The first kappa shape index (κ1) is 20.1. The number of nitrogens with zero attached hydrogens (tertiary/aromatic N) is 3. The molecule has 0 saturated heterocycles. The molecule has 0 atom stereocenters. The largest absolute Gasteiger partial charge is 0.382 e. The van der Waals surface area contributed by atoms with E-state index < -0.39 is 0 Å². The van der Waals surface area contributed by atoms with E-state index in [0.717, 1.165) is 47.7 Å². The predicted octanol–water partition coefficient (Wildman–Crippen LogP) is 5.00. The Morgan fingerprint density at radius 1 is 0.875 bits per heavy atom. The summed E-state index contributed by atoms with van der Waals surface area (Å²) < 4.78 is 0. The van der Waals surface area contributed by atoms with Crippen LogP contribution < -0.4 is 11.1 Å². The summed E-state index contributed by atoms with van der Waals surface area (Å²) in [6.07, 6.45) is 7.25. The Hall–Kier alpha value is -3.80. The van der Waals surface area contributed by atoms with Crippen LogP contribution >= 0.6 is 0 Å². The molecule has 160 valence electrons. The predicted molar refractivity (Wildman–Crippen MR) is 127 cm³/mol. The number of nitrogen functional groups attached to an aromatic ring is 1. The van der Waals surface area contributed by atoms with Gasteiger partial charge in [0.15, 0.2) is 11.5 Å². The SMILES string of the molecule is Nc1nc(-c2ccccc2)c(-c2ccc3ncccc3c2)nc1C(=O)NC1CCCCC1. The lowest BCUT2D eigenvalue weighted by molar-refractivity contribution is 0.0923. The van der Waals surface area contributed by atoms with Gasteiger partial charge in [-0.25, -0.2) is 9.97 Å². The van der Waals surface area contributed by atoms with Crippen molar-refractivity contribution < 1.29 is 4.79 Å². The summed E-state index contributed by atoms with van der Waals surface area (Å²) in [5.74, 6) is -0.117. The molecular formula is C26H25N5O. The van der Waals surface area contributed by atoms with Crippen molar-refractivity contribution in [1.82, 2.24) is 20.3 Å². The number of aromatic nitrogens is 3. The Labute approximate surface area is 186 Å². The molecule has 1 aliphatic carbocycles. The molecule has 6 heteroatoms. The lowest BCUT2D eigenvalue weighted by atomic mass is 9.95. The standard InChI is InChI=1S/C26H25N5O/c27-25-24(26(32)29-20-11-5-2-6-12-20)30-23(22(31-25)17-8-3-1-4-9-17)19-13-14-21-18(16-19)10-7-15-28-21/h1,3-4,7-10,13-16,20H,2,5-6,11-12H2,(H2,27,31)(H,29,32). The first-order valence-corrected chi connectivity index (χ1v) is 11.1. The molecule has 2 aromatic heterocycles. The van der Waals surface area contributed by atoms with Crippen LogP contribution in [0.5, 0.6) is 0 Å². The maximum Gasteiger partial charge on any atom is 0.273 e. The van der Waals surface area contributed by atoms with E-state index in [-0.39, 0.29) is 23.5 Å². The van der Waals surface area contributed by atoms with Gasteiger partial charge in [-0.2, -0.15) is 0 Å². The van der Waals surface area contributed by atoms with Crippen molar-refractivity contribution in [3.63, 3.8) is 0 Å². The molecule has 1 saturated carbocycles. The molecule has 4 aromatic rings. The third-order valence-electron chi connectivity index (χ3n) is 6.00. The number of hydrogen-bond donors (Lipinski definition) is 2. The van der Waals surface area contributed by atoms with Crippen LogP contribution in [0.15, 0.2) is 66.9 Å². The Kier molecular flexibility index (Phi) is 5.50. The van der Waals surface area contributed by atoms with E-state index in [1.807, 2.05) is 60.7 Å². The van der Waals surface area contributed by atoms with E-state index >= 15 is 0 Å². The van der Waals surface area contributed by atoms with Gasteiger partial charge in [0.2, 0.25) is 0 Å². The van der Waals surface area contributed by atoms with E-state index in [4.69, 9.17) is 10.7 Å². The van der Waals surface area contributed by atoms with Crippen LogP contribution in [-0.4, -0.2) is 26.9 Å². The monoisotopic (exact) mass is 423 g/mol. The van der Waals surface area contributed by atoms with Gasteiger partial charge in [-0.15, -0.1) is 0 Å². The molecule has 2 aromatic carbocycles. The minimum atomic E-state index is -0.259. The zero-order chi connectivity index (χ0) is 21.9. The summed E-state index contributed by atoms with van der Waals surface area (Å²) in [4.78, 5) is 26.9. The Morgan fingerprint density at radius 3 is 2.47 bits per heavy atom. The molecule has 1 amide bonds. The van der Waals surface area contributed by atoms with Crippen LogP contribution in [0, 0.1) is 0 Å². The van der Waals surface area contributed by atoms with Gasteiger partial charge in [0.05, 0.1) is 16.9 Å². The summed E-state index contributed by atoms with van der Waals surface area (Å²) in [6, 6.07) is 19.8. The molecule has 0 unspecified atom stereocenters. The smallest absolute Gasteiger partial charge is 0.273 e. The van der Waals surface area contributed by atoms with Crippen molar-refractivity contribution in [3.05, 3.63) is 72.6 Å². The van der Waals surface area contributed by atoms with Gasteiger partial charge < -0.3 is 11.1 Å². The van der Waals surface area contributed by atoms with E-state index in [1.165, 1.54) is 6.42 Å². The molecule has 0 spiro atoms. The fourth-order valence-corrected chi connectivity index (χ4v) is 4.34. The number of rotatable bonds is 4. The van der Waals surface area contributed by atoms with Crippen LogP contribution in [0.1, 0.15) is 42.6 Å². The fraction of sp³-hybridized carbons (Fsp3) is 0.231. The molecule has 1 fully saturated rings. The number of carbonyl (C=O) groups excluding carboxylic acids is 1. The lowest BCUT2D eigenvalue weighted by Crippen LogP contribution is -2.37. The molecule has 0 radical (unpaired) electrons. The van der Waals surface area contributed by atoms with Crippen LogP contribution in [0.3, 0.4) is 0 Å². The van der Waals surface area contributed by atoms with Gasteiger partial charge in [-0.1, -0.05) is 61.7 Å². The van der Waals surface area contributed by atoms with Gasteiger partial charge in [-0.3, -0.25) is 9.78 Å². The maximum absolute atomic E-state index is 13.1. The summed E-state index contributed by atoms with van der Waals surface area (Å²) in [6.45, 7) is 0. The molecule has 1 aliphatic rings. The maximum atomic E-state index is 13.1. The number of carbonyl (C=O) groups is 1. The summed E-state index contributed by atoms with van der Waals surface area (Å²) in [5.41, 5.74) is 10.4. The lowest BCUT2D eigenvalue weighted by Gasteiger charge is -2.23. The van der Waals surface area contributed by atoms with Crippen LogP contribution in [0.4, 0.5) is 5.82 Å². The van der Waals surface area contributed by atoms with Gasteiger partial charge in [0.25, 0.3) is 5.91 Å². The molecule has 0 aliphatic heterocycles. The number of anilines is 1. The second kappa shape index (κ2) is 8.75. The molecule has 0 bridgehead atoms. The molecule has 2 heterocycles. The fourth-order valence-electron chi connectivity index (χ4n) is 4.34. The Morgan fingerprint density at radius 2 is 1.66 bits per heavy atom. The number of nitrogens with two attached hydrogens (primary N) is 1. The van der Waals surface area contributed by atoms with E-state index in [1.54, 1.807) is 6.20 Å². The third-order valence-corrected chi connectivity index (χ3v) is 6.00. The summed E-state index contributed by atoms with van der Waals surface area (Å²) >= 11 is 0. The van der Waals surface area contributed by atoms with Gasteiger partial charge in [0, 0.05) is 28.8 Å². The molecule has 6 nitrogen and oxygen atoms in total. The quantitative estimate of drug-likeness (QED) is 0.482. The number of pyridine rings is 1. The average molecular weight is 424 g/mol. The highest BCUT2D eigenvalue weighted by molar-refractivity contribution is 5.98. The highest BCUT2D eigenvalue weighted by Crippen LogP contribution is 2.32.